The number of benzene rings is 7. The molecule has 57 heavy (non-hydrogen) atoms. The minimum atomic E-state index is 0.557. The SMILES string of the molecule is c1ccc(-c2nc(-c3ccc4c(c3)oc3ccccc34)nc(-c3ccc4oc5c(-c6nc(-c7ccccc7)c7sc8ccccc8c7n6)cccc5c4c3)n2)cc1. The average Bonchev–Trinajstić information content (AvgIpc) is 3.97. The molecule has 0 unspecified atom stereocenters. The molecule has 5 aromatic heterocycles. The number of thiophene rings is 1. The molecule has 0 atom stereocenters. The van der Waals surface area contributed by atoms with Gasteiger partial charge in [-0.3, -0.25) is 0 Å². The molecule has 12 rings (SSSR count). The summed E-state index contributed by atoms with van der Waals surface area (Å²) in [6.45, 7) is 0. The Morgan fingerprint density at radius 2 is 1.00 bits per heavy atom. The van der Waals surface area contributed by atoms with Crippen molar-refractivity contribution < 1.29 is 8.83 Å². The molecule has 5 heterocycles. The number of hydrogen-bond donors (Lipinski definition) is 0. The van der Waals surface area contributed by atoms with Crippen LogP contribution in [0.1, 0.15) is 0 Å². The zero-order valence-corrected chi connectivity index (χ0v) is 30.9. The maximum absolute atomic E-state index is 6.67. The van der Waals surface area contributed by atoms with Crippen LogP contribution in [0.3, 0.4) is 0 Å². The fraction of sp³-hybridized carbons (Fsp3) is 0. The van der Waals surface area contributed by atoms with Crippen LogP contribution >= 0.6 is 11.3 Å². The van der Waals surface area contributed by atoms with Crippen LogP contribution in [0.4, 0.5) is 0 Å². The third kappa shape index (κ3) is 5.15. The highest BCUT2D eigenvalue weighted by Crippen LogP contribution is 2.42. The van der Waals surface area contributed by atoms with Crippen molar-refractivity contribution in [2.45, 2.75) is 0 Å². The van der Waals surface area contributed by atoms with Crippen molar-refractivity contribution in [1.82, 2.24) is 24.9 Å². The molecule has 0 aliphatic rings. The molecule has 0 saturated heterocycles. The number of nitrogens with zero attached hydrogens (tertiary/aromatic N) is 5. The van der Waals surface area contributed by atoms with Crippen LogP contribution in [0, 0.1) is 0 Å². The van der Waals surface area contributed by atoms with Crippen molar-refractivity contribution in [3.8, 4) is 56.8 Å². The van der Waals surface area contributed by atoms with Gasteiger partial charge in [0.1, 0.15) is 22.3 Å². The first-order chi connectivity index (χ1) is 28.2. The Morgan fingerprint density at radius 3 is 1.82 bits per heavy atom. The van der Waals surface area contributed by atoms with E-state index in [0.717, 1.165) is 93.0 Å². The molecule has 7 nitrogen and oxygen atoms in total. The first-order valence-electron chi connectivity index (χ1n) is 18.7. The van der Waals surface area contributed by atoms with Crippen molar-refractivity contribution >= 4 is 75.5 Å². The molecule has 12 aromatic rings. The lowest BCUT2D eigenvalue weighted by Crippen LogP contribution is -2.00. The van der Waals surface area contributed by atoms with Gasteiger partial charge in [-0.15, -0.1) is 11.3 Å². The van der Waals surface area contributed by atoms with Gasteiger partial charge < -0.3 is 8.83 Å². The third-order valence-electron chi connectivity index (χ3n) is 10.6. The Labute approximate surface area is 328 Å². The van der Waals surface area contributed by atoms with E-state index < -0.39 is 0 Å². The first-order valence-corrected chi connectivity index (χ1v) is 19.5. The van der Waals surface area contributed by atoms with Crippen molar-refractivity contribution in [2.24, 2.45) is 0 Å². The van der Waals surface area contributed by atoms with Crippen LogP contribution < -0.4 is 0 Å². The number of aromatic nitrogens is 5. The second-order valence-electron chi connectivity index (χ2n) is 14.0. The molecule has 0 fully saturated rings. The minimum absolute atomic E-state index is 0.557. The maximum Gasteiger partial charge on any atom is 0.164 e. The predicted octanol–water partition coefficient (Wildman–Crippen LogP) is 13.2. The zero-order valence-electron chi connectivity index (χ0n) is 30.0. The largest absolute Gasteiger partial charge is 0.456 e. The smallest absolute Gasteiger partial charge is 0.164 e. The summed E-state index contributed by atoms with van der Waals surface area (Å²) in [5.74, 6) is 2.32. The van der Waals surface area contributed by atoms with Crippen LogP contribution in [0.15, 0.2) is 173 Å². The van der Waals surface area contributed by atoms with E-state index in [1.54, 1.807) is 11.3 Å². The normalized spacial score (nSPS) is 11.9. The fourth-order valence-corrected chi connectivity index (χ4v) is 8.99. The second-order valence-corrected chi connectivity index (χ2v) is 15.1. The first kappa shape index (κ1) is 31.8. The zero-order chi connectivity index (χ0) is 37.5. The number of hydrogen-bond acceptors (Lipinski definition) is 8. The van der Waals surface area contributed by atoms with E-state index in [1.165, 1.54) is 4.70 Å². The van der Waals surface area contributed by atoms with Gasteiger partial charge >= 0.3 is 0 Å². The van der Waals surface area contributed by atoms with Crippen LogP contribution in [-0.4, -0.2) is 24.9 Å². The maximum atomic E-state index is 6.67. The average molecular weight is 750 g/mol. The lowest BCUT2D eigenvalue weighted by atomic mass is 10.1. The highest BCUT2D eigenvalue weighted by Gasteiger charge is 2.21. The molecule has 7 aromatic carbocycles. The summed E-state index contributed by atoms with van der Waals surface area (Å²) < 4.78 is 15.2. The summed E-state index contributed by atoms with van der Waals surface area (Å²) in [6.07, 6.45) is 0. The van der Waals surface area contributed by atoms with Crippen LogP contribution in [0.25, 0.3) is 121 Å². The standard InChI is InChI=1S/C49H27N5O2S/c1-3-12-28(13-4-1)42-45-43(35-17-8-10-21-41(35)57-45)51-49(50-42)36-19-11-18-34-37-26-30(23-25-39(37)56-44(34)36)47-52-46(29-14-5-2-6-15-29)53-48(54-47)31-22-24-33-32-16-7-9-20-38(32)55-40(33)27-31/h1-27H. The lowest BCUT2D eigenvalue weighted by Gasteiger charge is -2.08. The Morgan fingerprint density at radius 1 is 0.368 bits per heavy atom. The number of para-hydroxylation sites is 2. The molecule has 0 saturated carbocycles. The van der Waals surface area contributed by atoms with E-state index in [9.17, 15) is 0 Å². The van der Waals surface area contributed by atoms with Gasteiger partial charge in [0.15, 0.2) is 23.3 Å². The van der Waals surface area contributed by atoms with Gasteiger partial charge in [0.25, 0.3) is 0 Å². The summed E-state index contributed by atoms with van der Waals surface area (Å²) in [6, 6.07) is 55.2. The predicted molar refractivity (Wildman–Crippen MR) is 230 cm³/mol. The molecule has 0 aliphatic heterocycles. The second kappa shape index (κ2) is 12.5. The Kier molecular flexibility index (Phi) is 6.96. The van der Waals surface area contributed by atoms with Crippen LogP contribution in [-0.2, 0) is 0 Å². The number of rotatable bonds is 5. The number of furan rings is 2. The molecule has 0 bridgehead atoms. The molecule has 0 aliphatic carbocycles. The van der Waals surface area contributed by atoms with Gasteiger partial charge in [-0.05, 0) is 48.5 Å². The molecule has 0 spiro atoms. The summed E-state index contributed by atoms with van der Waals surface area (Å²) >= 11 is 1.72. The Hall–Kier alpha value is -7.55. The van der Waals surface area contributed by atoms with Gasteiger partial charge in [-0.1, -0.05) is 115 Å². The fourth-order valence-electron chi connectivity index (χ4n) is 7.83. The van der Waals surface area contributed by atoms with Crippen LogP contribution in [0.2, 0.25) is 0 Å². The third-order valence-corrected chi connectivity index (χ3v) is 11.7. The number of fused-ring (bicyclic) bond motifs is 9. The molecule has 0 N–H and O–H groups in total. The van der Waals surface area contributed by atoms with Crippen molar-refractivity contribution in [2.75, 3.05) is 0 Å². The van der Waals surface area contributed by atoms with E-state index in [0.29, 0.717) is 23.3 Å². The van der Waals surface area contributed by atoms with E-state index >= 15 is 0 Å². The Balaban J connectivity index is 1.02. The van der Waals surface area contributed by atoms with E-state index in [1.807, 2.05) is 103 Å². The van der Waals surface area contributed by atoms with Gasteiger partial charge in [-0.2, -0.15) is 0 Å². The summed E-state index contributed by atoms with van der Waals surface area (Å²) in [7, 11) is 0. The molecular formula is C49H27N5O2S. The highest BCUT2D eigenvalue weighted by molar-refractivity contribution is 7.26. The van der Waals surface area contributed by atoms with Gasteiger partial charge in [0.05, 0.1) is 21.5 Å². The summed E-state index contributed by atoms with van der Waals surface area (Å²) in [5, 5.41) is 5.14. The highest BCUT2D eigenvalue weighted by atomic mass is 32.1. The van der Waals surface area contributed by atoms with E-state index in [2.05, 4.69) is 60.7 Å². The van der Waals surface area contributed by atoms with Crippen molar-refractivity contribution in [3.05, 3.63) is 164 Å². The summed E-state index contributed by atoms with van der Waals surface area (Å²) in [4.78, 5) is 25.5. The molecule has 266 valence electrons. The van der Waals surface area contributed by atoms with Gasteiger partial charge in [0.2, 0.25) is 0 Å². The minimum Gasteiger partial charge on any atom is -0.456 e. The van der Waals surface area contributed by atoms with E-state index in [4.69, 9.17) is 33.8 Å². The van der Waals surface area contributed by atoms with Gasteiger partial charge in [-0.25, -0.2) is 24.9 Å². The van der Waals surface area contributed by atoms with Crippen LogP contribution in [0.5, 0.6) is 0 Å². The molecule has 0 radical (unpaired) electrons. The topological polar surface area (TPSA) is 90.7 Å². The van der Waals surface area contributed by atoms with Crippen molar-refractivity contribution in [3.63, 3.8) is 0 Å². The molecular weight excluding hydrogens is 723 g/mol. The van der Waals surface area contributed by atoms with Crippen molar-refractivity contribution in [1.29, 1.82) is 0 Å². The molecule has 8 heteroatoms. The van der Waals surface area contributed by atoms with E-state index in [-0.39, 0.29) is 0 Å². The molecule has 0 amide bonds. The summed E-state index contributed by atoms with van der Waals surface area (Å²) in [5.41, 5.74) is 9.41. The Bertz CT molecular complexity index is 3540. The lowest BCUT2D eigenvalue weighted by molar-refractivity contribution is 0.669. The van der Waals surface area contributed by atoms with Gasteiger partial charge in [0, 0.05) is 53.9 Å². The quantitative estimate of drug-likeness (QED) is 0.173. The monoisotopic (exact) mass is 749 g/mol.